The first-order valence-corrected chi connectivity index (χ1v) is 6.97. The molecule has 0 aromatic rings. The van der Waals surface area contributed by atoms with E-state index in [4.69, 9.17) is 9.47 Å². The van der Waals surface area contributed by atoms with Crippen LogP contribution >= 0.6 is 0 Å². The van der Waals surface area contributed by atoms with Gasteiger partial charge in [-0.3, -0.25) is 0 Å². The number of likely N-dealkylation sites (N-methyl/N-ethyl adjacent to an activating group) is 1. The molecule has 4 heteroatoms. The number of hydrogen-bond donors (Lipinski definition) is 1. The Labute approximate surface area is 105 Å². The van der Waals surface area contributed by atoms with Crippen molar-refractivity contribution in [2.45, 2.75) is 37.9 Å². The summed E-state index contributed by atoms with van der Waals surface area (Å²) >= 11 is 0. The number of morpholine rings is 1. The Morgan fingerprint density at radius 3 is 2.82 bits per heavy atom. The SMILES string of the molecule is CN(CCCC1CCCO1)CC1CNCCO1. The first-order valence-electron chi connectivity index (χ1n) is 6.97. The summed E-state index contributed by atoms with van der Waals surface area (Å²) in [5, 5.41) is 3.37. The van der Waals surface area contributed by atoms with E-state index in [0.717, 1.165) is 39.4 Å². The van der Waals surface area contributed by atoms with E-state index in [9.17, 15) is 0 Å². The zero-order valence-corrected chi connectivity index (χ0v) is 11.0. The average molecular weight is 242 g/mol. The fourth-order valence-electron chi connectivity index (χ4n) is 2.64. The average Bonchev–Trinajstić information content (AvgIpc) is 2.83. The molecule has 0 aliphatic carbocycles. The zero-order valence-electron chi connectivity index (χ0n) is 11.0. The van der Waals surface area contributed by atoms with Crippen LogP contribution in [0.3, 0.4) is 0 Å². The third-order valence-corrected chi connectivity index (χ3v) is 3.61. The first kappa shape index (κ1) is 13.3. The van der Waals surface area contributed by atoms with Gasteiger partial charge in [0, 0.05) is 26.2 Å². The number of nitrogens with zero attached hydrogens (tertiary/aromatic N) is 1. The van der Waals surface area contributed by atoms with Gasteiger partial charge in [0.15, 0.2) is 0 Å². The number of hydrogen-bond acceptors (Lipinski definition) is 4. The van der Waals surface area contributed by atoms with Gasteiger partial charge in [-0.15, -0.1) is 0 Å². The second-order valence-corrected chi connectivity index (χ2v) is 5.24. The van der Waals surface area contributed by atoms with Crippen molar-refractivity contribution >= 4 is 0 Å². The molecule has 0 bridgehead atoms. The molecule has 100 valence electrons. The van der Waals surface area contributed by atoms with Gasteiger partial charge in [0.2, 0.25) is 0 Å². The third-order valence-electron chi connectivity index (χ3n) is 3.61. The monoisotopic (exact) mass is 242 g/mol. The molecule has 2 heterocycles. The summed E-state index contributed by atoms with van der Waals surface area (Å²) in [6.45, 7) is 6.02. The molecule has 0 radical (unpaired) electrons. The maximum Gasteiger partial charge on any atom is 0.0826 e. The highest BCUT2D eigenvalue weighted by Gasteiger charge is 2.17. The van der Waals surface area contributed by atoms with Gasteiger partial charge in [0.05, 0.1) is 18.8 Å². The first-order chi connectivity index (χ1) is 8.34. The Balaban J connectivity index is 1.52. The van der Waals surface area contributed by atoms with Crippen LogP contribution in [0.5, 0.6) is 0 Å². The quantitative estimate of drug-likeness (QED) is 0.749. The van der Waals surface area contributed by atoms with Crippen molar-refractivity contribution in [3.05, 3.63) is 0 Å². The van der Waals surface area contributed by atoms with Crippen molar-refractivity contribution in [2.24, 2.45) is 0 Å². The predicted octanol–water partition coefficient (Wildman–Crippen LogP) is 0.866. The maximum atomic E-state index is 5.70. The van der Waals surface area contributed by atoms with E-state index < -0.39 is 0 Å². The molecule has 2 aliphatic rings. The van der Waals surface area contributed by atoms with Gasteiger partial charge in [0.1, 0.15) is 0 Å². The molecule has 2 unspecified atom stereocenters. The van der Waals surface area contributed by atoms with Gasteiger partial charge in [0.25, 0.3) is 0 Å². The lowest BCUT2D eigenvalue weighted by atomic mass is 10.1. The second kappa shape index (κ2) is 7.31. The Morgan fingerprint density at radius 2 is 2.12 bits per heavy atom. The summed E-state index contributed by atoms with van der Waals surface area (Å²) in [5.41, 5.74) is 0. The van der Waals surface area contributed by atoms with Gasteiger partial charge in [-0.2, -0.15) is 0 Å². The highest BCUT2D eigenvalue weighted by atomic mass is 16.5. The van der Waals surface area contributed by atoms with Crippen LogP contribution in [0, 0.1) is 0 Å². The largest absolute Gasteiger partial charge is 0.378 e. The van der Waals surface area contributed by atoms with E-state index in [1.165, 1.54) is 25.7 Å². The molecule has 1 N–H and O–H groups in total. The van der Waals surface area contributed by atoms with Crippen LogP contribution < -0.4 is 5.32 Å². The molecule has 0 aromatic carbocycles. The molecule has 0 aromatic heterocycles. The number of ether oxygens (including phenoxy) is 2. The van der Waals surface area contributed by atoms with Crippen LogP contribution in [-0.4, -0.2) is 63.5 Å². The van der Waals surface area contributed by atoms with Gasteiger partial charge in [-0.25, -0.2) is 0 Å². The van der Waals surface area contributed by atoms with E-state index >= 15 is 0 Å². The van der Waals surface area contributed by atoms with E-state index in [-0.39, 0.29) is 0 Å². The van der Waals surface area contributed by atoms with Gasteiger partial charge < -0.3 is 19.7 Å². The standard InChI is InChI=1S/C13H26N2O2/c1-15(11-13-10-14-6-9-17-13)7-2-4-12-5-3-8-16-12/h12-14H,2-11H2,1H3. The maximum absolute atomic E-state index is 5.70. The second-order valence-electron chi connectivity index (χ2n) is 5.24. The number of nitrogens with one attached hydrogen (secondary N) is 1. The fourth-order valence-corrected chi connectivity index (χ4v) is 2.64. The van der Waals surface area contributed by atoms with Crippen LogP contribution in [0.1, 0.15) is 25.7 Å². The molecule has 2 saturated heterocycles. The molecule has 2 fully saturated rings. The lowest BCUT2D eigenvalue weighted by Crippen LogP contribution is -2.44. The van der Waals surface area contributed by atoms with E-state index in [1.54, 1.807) is 0 Å². The van der Waals surface area contributed by atoms with Crippen molar-refractivity contribution in [1.82, 2.24) is 10.2 Å². The van der Waals surface area contributed by atoms with Crippen molar-refractivity contribution < 1.29 is 9.47 Å². The van der Waals surface area contributed by atoms with Gasteiger partial charge >= 0.3 is 0 Å². The van der Waals surface area contributed by atoms with E-state index in [2.05, 4.69) is 17.3 Å². The highest BCUT2D eigenvalue weighted by molar-refractivity contribution is 4.71. The minimum atomic E-state index is 0.372. The van der Waals surface area contributed by atoms with Crippen LogP contribution in [0.2, 0.25) is 0 Å². The van der Waals surface area contributed by atoms with Crippen LogP contribution in [-0.2, 0) is 9.47 Å². The van der Waals surface area contributed by atoms with Crippen molar-refractivity contribution in [2.75, 3.05) is 46.4 Å². The Morgan fingerprint density at radius 1 is 1.24 bits per heavy atom. The van der Waals surface area contributed by atoms with Crippen LogP contribution in [0.15, 0.2) is 0 Å². The molecule has 0 saturated carbocycles. The number of rotatable bonds is 6. The lowest BCUT2D eigenvalue weighted by Gasteiger charge is -2.28. The molecule has 0 spiro atoms. The summed E-state index contributed by atoms with van der Waals surface area (Å²) < 4.78 is 11.3. The fraction of sp³-hybridized carbons (Fsp3) is 1.00. The molecule has 0 amide bonds. The predicted molar refractivity (Wildman–Crippen MR) is 68.3 cm³/mol. The Kier molecular flexibility index (Phi) is 5.71. The zero-order chi connectivity index (χ0) is 11.9. The summed E-state index contributed by atoms with van der Waals surface area (Å²) in [4.78, 5) is 2.38. The molecule has 2 aliphatic heterocycles. The molecule has 4 nitrogen and oxygen atoms in total. The van der Waals surface area contributed by atoms with Gasteiger partial charge in [-0.1, -0.05) is 0 Å². The van der Waals surface area contributed by atoms with E-state index in [0.29, 0.717) is 12.2 Å². The highest BCUT2D eigenvalue weighted by Crippen LogP contribution is 2.16. The summed E-state index contributed by atoms with van der Waals surface area (Å²) in [7, 11) is 2.19. The van der Waals surface area contributed by atoms with Crippen molar-refractivity contribution in [1.29, 1.82) is 0 Å². The molecule has 17 heavy (non-hydrogen) atoms. The normalized spacial score (nSPS) is 30.0. The Bertz CT molecular complexity index is 202. The topological polar surface area (TPSA) is 33.7 Å². The van der Waals surface area contributed by atoms with Crippen molar-refractivity contribution in [3.63, 3.8) is 0 Å². The molecule has 2 rings (SSSR count). The van der Waals surface area contributed by atoms with E-state index in [1.807, 2.05) is 0 Å². The minimum Gasteiger partial charge on any atom is -0.378 e. The summed E-state index contributed by atoms with van der Waals surface area (Å²) in [6, 6.07) is 0. The third kappa shape index (κ3) is 4.92. The van der Waals surface area contributed by atoms with Crippen LogP contribution in [0.25, 0.3) is 0 Å². The van der Waals surface area contributed by atoms with Crippen LogP contribution in [0.4, 0.5) is 0 Å². The molecule has 2 atom stereocenters. The minimum absolute atomic E-state index is 0.372. The lowest BCUT2D eigenvalue weighted by molar-refractivity contribution is 0.00920. The Hall–Kier alpha value is -0.160. The molecular formula is C13H26N2O2. The smallest absolute Gasteiger partial charge is 0.0826 e. The molecular weight excluding hydrogens is 216 g/mol. The summed E-state index contributed by atoms with van der Waals surface area (Å²) in [6.07, 6.45) is 5.88. The van der Waals surface area contributed by atoms with Gasteiger partial charge in [-0.05, 0) is 39.3 Å². The summed E-state index contributed by atoms with van der Waals surface area (Å²) in [5.74, 6) is 0. The van der Waals surface area contributed by atoms with Crippen molar-refractivity contribution in [3.8, 4) is 0 Å².